The highest BCUT2D eigenvalue weighted by atomic mass is 79.9. The van der Waals surface area contributed by atoms with Crippen molar-refractivity contribution >= 4 is 57.1 Å². The maximum absolute atomic E-state index is 12.8. The Balaban J connectivity index is 2.05. The summed E-state index contributed by atoms with van der Waals surface area (Å²) in [5.74, 6) is -1.65. The summed E-state index contributed by atoms with van der Waals surface area (Å²) in [6, 6.07) is 8.52. The average molecular weight is 436 g/mol. The van der Waals surface area contributed by atoms with Crippen LogP contribution in [0.15, 0.2) is 46.4 Å². The van der Waals surface area contributed by atoms with E-state index in [2.05, 4.69) is 21.2 Å². The van der Waals surface area contributed by atoms with Gasteiger partial charge in [0.1, 0.15) is 11.3 Å². The first-order valence-electron chi connectivity index (χ1n) is 7.44. The number of rotatable bonds is 2. The largest absolute Gasteiger partial charge is 0.506 e. The fourth-order valence-electron chi connectivity index (χ4n) is 2.53. The number of phenols is 1. The highest BCUT2D eigenvalue weighted by molar-refractivity contribution is 9.10. The number of amides is 4. The lowest BCUT2D eigenvalue weighted by atomic mass is 10.1. The molecule has 0 aliphatic carbocycles. The number of aryl methyl sites for hydroxylation is 1. The third-order valence-corrected chi connectivity index (χ3v) is 4.58. The summed E-state index contributed by atoms with van der Waals surface area (Å²) < 4.78 is 0.800. The number of carbonyl (C=O) groups excluding carboxylic acids is 3. The van der Waals surface area contributed by atoms with Gasteiger partial charge >= 0.3 is 6.03 Å². The summed E-state index contributed by atoms with van der Waals surface area (Å²) in [6.07, 6.45) is 1.32. The number of barbiturate groups is 1. The summed E-state index contributed by atoms with van der Waals surface area (Å²) in [5, 5.41) is 11.7. The number of nitrogens with zero attached hydrogens (tertiary/aromatic N) is 1. The minimum absolute atomic E-state index is 0.0831. The van der Waals surface area contributed by atoms with Gasteiger partial charge in [0.25, 0.3) is 11.8 Å². The van der Waals surface area contributed by atoms with E-state index in [4.69, 9.17) is 11.6 Å². The van der Waals surface area contributed by atoms with Crippen LogP contribution in [0.25, 0.3) is 6.08 Å². The van der Waals surface area contributed by atoms with Crippen molar-refractivity contribution in [3.63, 3.8) is 0 Å². The van der Waals surface area contributed by atoms with Gasteiger partial charge in [-0.15, -0.1) is 0 Å². The Morgan fingerprint density at radius 2 is 1.88 bits per heavy atom. The molecular formula is C18H12BrClN2O4. The Hall–Kier alpha value is -2.64. The van der Waals surface area contributed by atoms with Crippen LogP contribution in [-0.4, -0.2) is 23.0 Å². The van der Waals surface area contributed by atoms with Gasteiger partial charge in [-0.25, -0.2) is 9.69 Å². The van der Waals surface area contributed by atoms with Crippen molar-refractivity contribution in [2.24, 2.45) is 0 Å². The molecule has 2 aromatic carbocycles. The first kappa shape index (κ1) is 18.2. The van der Waals surface area contributed by atoms with Gasteiger partial charge in [0.2, 0.25) is 0 Å². The molecule has 1 aliphatic heterocycles. The standard InChI is InChI=1S/C18H12BrClN2O4/c1-9-6-11(19)3-4-14(9)22-17(25)12(16(24)21-18(22)26)7-10-2-5-15(23)13(20)8-10/h2-8,23H,1H3,(H,21,24,26). The molecular weight excluding hydrogens is 424 g/mol. The summed E-state index contributed by atoms with van der Waals surface area (Å²) in [7, 11) is 0. The molecule has 6 nitrogen and oxygen atoms in total. The molecule has 0 bridgehead atoms. The first-order valence-corrected chi connectivity index (χ1v) is 8.61. The number of hydrogen-bond donors (Lipinski definition) is 2. The Labute approximate surface area is 162 Å². The second kappa shape index (κ2) is 6.93. The van der Waals surface area contributed by atoms with Gasteiger partial charge in [0.05, 0.1) is 10.7 Å². The number of anilines is 1. The minimum atomic E-state index is -0.814. The lowest BCUT2D eigenvalue weighted by molar-refractivity contribution is -0.122. The third-order valence-electron chi connectivity index (χ3n) is 3.78. The van der Waals surface area contributed by atoms with Crippen molar-refractivity contribution in [3.05, 3.63) is 62.6 Å². The minimum Gasteiger partial charge on any atom is -0.506 e. The molecule has 0 aromatic heterocycles. The van der Waals surface area contributed by atoms with Crippen molar-refractivity contribution in [1.82, 2.24) is 5.32 Å². The van der Waals surface area contributed by atoms with Gasteiger partial charge in [-0.05, 0) is 54.5 Å². The fourth-order valence-corrected chi connectivity index (χ4v) is 3.19. The third kappa shape index (κ3) is 3.36. The van der Waals surface area contributed by atoms with Crippen LogP contribution in [0.4, 0.5) is 10.5 Å². The van der Waals surface area contributed by atoms with Crippen molar-refractivity contribution in [3.8, 4) is 5.75 Å². The maximum atomic E-state index is 12.8. The van der Waals surface area contributed by atoms with E-state index < -0.39 is 17.8 Å². The number of carbonyl (C=O) groups is 3. The van der Waals surface area contributed by atoms with Crippen molar-refractivity contribution in [1.29, 1.82) is 0 Å². The van der Waals surface area contributed by atoms with Crippen LogP contribution in [0.3, 0.4) is 0 Å². The number of nitrogens with one attached hydrogen (secondary N) is 1. The molecule has 1 heterocycles. The van der Waals surface area contributed by atoms with Crippen molar-refractivity contribution < 1.29 is 19.5 Å². The summed E-state index contributed by atoms with van der Waals surface area (Å²) in [5.41, 5.74) is 1.28. The van der Waals surface area contributed by atoms with Crippen molar-refractivity contribution in [2.45, 2.75) is 6.92 Å². The van der Waals surface area contributed by atoms with Crippen LogP contribution >= 0.6 is 27.5 Å². The lowest BCUT2D eigenvalue weighted by Crippen LogP contribution is -2.54. The molecule has 132 valence electrons. The molecule has 0 saturated carbocycles. The van der Waals surface area contributed by atoms with Gasteiger partial charge in [-0.2, -0.15) is 0 Å². The van der Waals surface area contributed by atoms with Crippen LogP contribution in [0.5, 0.6) is 5.75 Å². The van der Waals surface area contributed by atoms with Gasteiger partial charge in [-0.3, -0.25) is 14.9 Å². The molecule has 26 heavy (non-hydrogen) atoms. The number of hydrogen-bond acceptors (Lipinski definition) is 4. The molecule has 4 amide bonds. The van der Waals surface area contributed by atoms with Crippen LogP contribution in [0, 0.1) is 6.92 Å². The molecule has 2 N–H and O–H groups in total. The van der Waals surface area contributed by atoms with E-state index in [0.717, 1.165) is 9.37 Å². The molecule has 8 heteroatoms. The highest BCUT2D eigenvalue weighted by Gasteiger charge is 2.37. The normalized spacial score (nSPS) is 16.2. The lowest BCUT2D eigenvalue weighted by Gasteiger charge is -2.27. The first-order chi connectivity index (χ1) is 12.3. The quantitative estimate of drug-likeness (QED) is 0.555. The monoisotopic (exact) mass is 434 g/mol. The molecule has 1 aliphatic rings. The van der Waals surface area contributed by atoms with E-state index in [-0.39, 0.29) is 16.3 Å². The molecule has 0 atom stereocenters. The van der Waals surface area contributed by atoms with E-state index in [1.807, 2.05) is 0 Å². The fraction of sp³-hybridized carbons (Fsp3) is 0.0556. The Morgan fingerprint density at radius 3 is 2.54 bits per heavy atom. The van der Waals surface area contributed by atoms with Gasteiger partial charge in [0.15, 0.2) is 0 Å². The Morgan fingerprint density at radius 1 is 1.15 bits per heavy atom. The topological polar surface area (TPSA) is 86.7 Å². The predicted octanol–water partition coefficient (Wildman–Crippen LogP) is 3.78. The van der Waals surface area contributed by atoms with E-state index in [1.165, 1.54) is 24.3 Å². The van der Waals surface area contributed by atoms with Crippen molar-refractivity contribution in [2.75, 3.05) is 4.90 Å². The van der Waals surface area contributed by atoms with E-state index in [9.17, 15) is 19.5 Å². The van der Waals surface area contributed by atoms with Crippen LogP contribution < -0.4 is 10.2 Å². The smallest absolute Gasteiger partial charge is 0.335 e. The van der Waals surface area contributed by atoms with E-state index in [1.54, 1.807) is 25.1 Å². The molecule has 2 aromatic rings. The molecule has 1 fully saturated rings. The highest BCUT2D eigenvalue weighted by Crippen LogP contribution is 2.29. The van der Waals surface area contributed by atoms with Gasteiger partial charge < -0.3 is 5.11 Å². The second-order valence-electron chi connectivity index (χ2n) is 5.60. The van der Waals surface area contributed by atoms with Crippen LogP contribution in [0.2, 0.25) is 5.02 Å². The summed E-state index contributed by atoms with van der Waals surface area (Å²) >= 11 is 9.18. The molecule has 3 rings (SSSR count). The zero-order chi connectivity index (χ0) is 19.0. The summed E-state index contributed by atoms with van der Waals surface area (Å²) in [6.45, 7) is 1.75. The molecule has 1 saturated heterocycles. The summed E-state index contributed by atoms with van der Waals surface area (Å²) in [4.78, 5) is 38.1. The van der Waals surface area contributed by atoms with Crippen LogP contribution in [-0.2, 0) is 9.59 Å². The van der Waals surface area contributed by atoms with Crippen LogP contribution in [0.1, 0.15) is 11.1 Å². The SMILES string of the molecule is Cc1cc(Br)ccc1N1C(=O)NC(=O)C(=Cc2ccc(O)c(Cl)c2)C1=O. The van der Waals surface area contributed by atoms with Gasteiger partial charge in [0, 0.05) is 4.47 Å². The molecule has 0 spiro atoms. The molecule has 0 unspecified atom stereocenters. The van der Waals surface area contributed by atoms with E-state index >= 15 is 0 Å². The average Bonchev–Trinajstić information content (AvgIpc) is 2.56. The zero-order valence-corrected chi connectivity index (χ0v) is 15.8. The number of phenolic OH excluding ortho intramolecular Hbond substituents is 1. The molecule has 0 radical (unpaired) electrons. The predicted molar refractivity (Wildman–Crippen MR) is 101 cm³/mol. The Kier molecular flexibility index (Phi) is 4.84. The number of halogens is 2. The van der Waals surface area contributed by atoms with E-state index in [0.29, 0.717) is 16.8 Å². The number of imide groups is 2. The van der Waals surface area contributed by atoms with Gasteiger partial charge in [-0.1, -0.05) is 33.6 Å². The number of benzene rings is 2. The number of aromatic hydroxyl groups is 1. The second-order valence-corrected chi connectivity index (χ2v) is 6.92. The maximum Gasteiger partial charge on any atom is 0.335 e. The zero-order valence-electron chi connectivity index (χ0n) is 13.4. The number of urea groups is 1. The Bertz CT molecular complexity index is 987.